The summed E-state index contributed by atoms with van der Waals surface area (Å²) in [6.45, 7) is -0.833. The van der Waals surface area contributed by atoms with Gasteiger partial charge >= 0.3 is 6.61 Å². The summed E-state index contributed by atoms with van der Waals surface area (Å²) in [7, 11) is 0. The molecule has 0 saturated carbocycles. The second kappa shape index (κ2) is 4.92. The van der Waals surface area contributed by atoms with Gasteiger partial charge in [-0.2, -0.15) is 8.78 Å². The minimum Gasteiger partial charge on any atom is -0.435 e. The number of fused-ring (bicyclic) bond motifs is 1. The predicted molar refractivity (Wildman–Crippen MR) is 72.9 cm³/mol. The van der Waals surface area contributed by atoms with E-state index < -0.39 is 6.61 Å². The van der Waals surface area contributed by atoms with Crippen LogP contribution < -0.4 is 4.74 Å². The molecule has 20 heavy (non-hydrogen) atoms. The third-order valence-corrected chi connectivity index (χ3v) is 2.97. The van der Waals surface area contributed by atoms with E-state index in [1.807, 2.05) is 25.1 Å². The van der Waals surface area contributed by atoms with E-state index in [1.54, 1.807) is 12.1 Å². The Balaban J connectivity index is 2.01. The standard InChI is InChI=1S/C15H12F2N2O/c1-9-5-6-12-13(7-9)19-14(18-12)10-3-2-4-11(8-10)20-15(16)17/h2-8,15H,1H3,(H,18,19). The van der Waals surface area contributed by atoms with Gasteiger partial charge in [-0.25, -0.2) is 4.98 Å². The van der Waals surface area contributed by atoms with Crippen LogP contribution in [-0.4, -0.2) is 16.6 Å². The number of aryl methyl sites for hydroxylation is 1. The van der Waals surface area contributed by atoms with Crippen molar-refractivity contribution in [2.45, 2.75) is 13.5 Å². The highest BCUT2D eigenvalue weighted by Gasteiger charge is 2.08. The van der Waals surface area contributed by atoms with E-state index in [-0.39, 0.29) is 5.75 Å². The lowest BCUT2D eigenvalue weighted by atomic mass is 10.2. The second-order valence-corrected chi connectivity index (χ2v) is 4.51. The van der Waals surface area contributed by atoms with E-state index >= 15 is 0 Å². The zero-order valence-corrected chi connectivity index (χ0v) is 10.7. The Morgan fingerprint density at radius 2 is 2.00 bits per heavy atom. The van der Waals surface area contributed by atoms with E-state index in [2.05, 4.69) is 14.7 Å². The topological polar surface area (TPSA) is 37.9 Å². The number of nitrogens with one attached hydrogen (secondary N) is 1. The molecule has 2 aromatic carbocycles. The smallest absolute Gasteiger partial charge is 0.387 e. The molecule has 0 atom stereocenters. The lowest BCUT2D eigenvalue weighted by Gasteiger charge is -2.05. The molecular weight excluding hydrogens is 262 g/mol. The predicted octanol–water partition coefficient (Wildman–Crippen LogP) is 4.14. The Hall–Kier alpha value is -2.43. The number of nitrogens with zero attached hydrogens (tertiary/aromatic N) is 1. The molecule has 1 heterocycles. The van der Waals surface area contributed by atoms with Crippen molar-refractivity contribution in [3.05, 3.63) is 48.0 Å². The zero-order chi connectivity index (χ0) is 14.1. The number of halogens is 2. The van der Waals surface area contributed by atoms with E-state index in [0.717, 1.165) is 16.6 Å². The molecule has 3 aromatic rings. The van der Waals surface area contributed by atoms with Crippen LogP contribution in [0.4, 0.5) is 8.78 Å². The molecule has 1 aromatic heterocycles. The maximum absolute atomic E-state index is 12.2. The van der Waals surface area contributed by atoms with Gasteiger partial charge < -0.3 is 9.72 Å². The Bertz CT molecular complexity index is 752. The van der Waals surface area contributed by atoms with Crippen LogP contribution in [0.15, 0.2) is 42.5 Å². The summed E-state index contributed by atoms with van der Waals surface area (Å²) in [4.78, 5) is 7.62. The number of hydrogen-bond donors (Lipinski definition) is 1. The van der Waals surface area contributed by atoms with Gasteiger partial charge in [0.1, 0.15) is 11.6 Å². The number of hydrogen-bond acceptors (Lipinski definition) is 2. The van der Waals surface area contributed by atoms with E-state index in [1.165, 1.54) is 12.1 Å². The van der Waals surface area contributed by atoms with Crippen molar-refractivity contribution in [1.82, 2.24) is 9.97 Å². The Labute approximate surface area is 114 Å². The van der Waals surface area contributed by atoms with Crippen LogP contribution in [0.1, 0.15) is 5.56 Å². The lowest BCUT2D eigenvalue weighted by Crippen LogP contribution is -2.01. The maximum atomic E-state index is 12.2. The largest absolute Gasteiger partial charge is 0.435 e. The first-order valence-electron chi connectivity index (χ1n) is 6.13. The van der Waals surface area contributed by atoms with Gasteiger partial charge in [-0.1, -0.05) is 18.2 Å². The molecule has 0 radical (unpaired) electrons. The molecule has 0 aliphatic rings. The van der Waals surface area contributed by atoms with Gasteiger partial charge in [-0.15, -0.1) is 0 Å². The van der Waals surface area contributed by atoms with Gasteiger partial charge in [-0.3, -0.25) is 0 Å². The van der Waals surface area contributed by atoms with Crippen LogP contribution in [0.5, 0.6) is 5.75 Å². The molecular formula is C15H12F2N2O. The molecule has 3 rings (SSSR count). The van der Waals surface area contributed by atoms with Crippen LogP contribution in [0, 0.1) is 6.92 Å². The monoisotopic (exact) mass is 274 g/mol. The summed E-state index contributed by atoms with van der Waals surface area (Å²) in [6.07, 6.45) is 0. The molecule has 5 heteroatoms. The molecule has 102 valence electrons. The SMILES string of the molecule is Cc1ccc2nc(-c3cccc(OC(F)F)c3)[nH]c2c1. The summed E-state index contributed by atoms with van der Waals surface area (Å²) in [5.41, 5.74) is 3.59. The molecule has 0 bridgehead atoms. The van der Waals surface area contributed by atoms with Gasteiger partial charge in [0.05, 0.1) is 11.0 Å². The van der Waals surface area contributed by atoms with Crippen LogP contribution in [0.2, 0.25) is 0 Å². The number of alkyl halides is 2. The van der Waals surface area contributed by atoms with Crippen molar-refractivity contribution in [2.75, 3.05) is 0 Å². The van der Waals surface area contributed by atoms with Crippen molar-refractivity contribution >= 4 is 11.0 Å². The van der Waals surface area contributed by atoms with Crippen LogP contribution >= 0.6 is 0 Å². The van der Waals surface area contributed by atoms with E-state index in [9.17, 15) is 8.78 Å². The van der Waals surface area contributed by atoms with Gasteiger partial charge in [0.2, 0.25) is 0 Å². The average molecular weight is 274 g/mol. The molecule has 0 saturated heterocycles. The molecule has 0 aliphatic carbocycles. The fourth-order valence-corrected chi connectivity index (χ4v) is 2.08. The molecule has 0 unspecified atom stereocenters. The first-order valence-corrected chi connectivity index (χ1v) is 6.13. The van der Waals surface area contributed by atoms with E-state index in [4.69, 9.17) is 0 Å². The summed E-state index contributed by atoms with van der Waals surface area (Å²) in [6, 6.07) is 12.4. The molecule has 0 aliphatic heterocycles. The van der Waals surface area contributed by atoms with Gasteiger partial charge in [0, 0.05) is 5.56 Å². The lowest BCUT2D eigenvalue weighted by molar-refractivity contribution is -0.0498. The molecule has 0 amide bonds. The van der Waals surface area contributed by atoms with Crippen LogP contribution in [0.25, 0.3) is 22.4 Å². The number of aromatic nitrogens is 2. The fourth-order valence-electron chi connectivity index (χ4n) is 2.08. The number of aromatic amines is 1. The number of rotatable bonds is 3. The first kappa shape index (κ1) is 12.6. The summed E-state index contributed by atoms with van der Waals surface area (Å²) in [5.74, 6) is 0.749. The van der Waals surface area contributed by atoms with Crippen molar-refractivity contribution in [1.29, 1.82) is 0 Å². The first-order chi connectivity index (χ1) is 9.61. The normalized spacial score (nSPS) is 11.2. The Kier molecular flexibility index (Phi) is 3.10. The third-order valence-electron chi connectivity index (χ3n) is 2.97. The van der Waals surface area contributed by atoms with Crippen molar-refractivity contribution in [2.24, 2.45) is 0 Å². The van der Waals surface area contributed by atoms with Crippen LogP contribution in [0.3, 0.4) is 0 Å². The average Bonchev–Trinajstić information content (AvgIpc) is 2.81. The molecule has 0 spiro atoms. The van der Waals surface area contributed by atoms with Crippen molar-refractivity contribution < 1.29 is 13.5 Å². The number of H-pyrrole nitrogens is 1. The van der Waals surface area contributed by atoms with Gasteiger partial charge in [-0.05, 0) is 36.8 Å². The highest BCUT2D eigenvalue weighted by molar-refractivity contribution is 5.80. The second-order valence-electron chi connectivity index (χ2n) is 4.51. The highest BCUT2D eigenvalue weighted by Crippen LogP contribution is 2.25. The number of imidazole rings is 1. The third kappa shape index (κ3) is 2.47. The quantitative estimate of drug-likeness (QED) is 0.779. The van der Waals surface area contributed by atoms with Crippen LogP contribution in [-0.2, 0) is 0 Å². The zero-order valence-electron chi connectivity index (χ0n) is 10.7. The minimum absolute atomic E-state index is 0.120. The summed E-state index contributed by atoms with van der Waals surface area (Å²) < 4.78 is 28.8. The molecule has 3 nitrogen and oxygen atoms in total. The molecule has 0 fully saturated rings. The van der Waals surface area contributed by atoms with Gasteiger partial charge in [0.15, 0.2) is 0 Å². The minimum atomic E-state index is -2.83. The molecule has 1 N–H and O–H groups in total. The Morgan fingerprint density at radius 1 is 1.15 bits per heavy atom. The fraction of sp³-hybridized carbons (Fsp3) is 0.133. The van der Waals surface area contributed by atoms with Crippen molar-refractivity contribution in [3.8, 4) is 17.1 Å². The highest BCUT2D eigenvalue weighted by atomic mass is 19.3. The Morgan fingerprint density at radius 3 is 2.80 bits per heavy atom. The van der Waals surface area contributed by atoms with Gasteiger partial charge in [0.25, 0.3) is 0 Å². The summed E-state index contributed by atoms with van der Waals surface area (Å²) in [5, 5.41) is 0. The number of benzene rings is 2. The van der Waals surface area contributed by atoms with E-state index in [0.29, 0.717) is 11.4 Å². The van der Waals surface area contributed by atoms with Crippen molar-refractivity contribution in [3.63, 3.8) is 0 Å². The number of ether oxygens (including phenoxy) is 1. The summed E-state index contributed by atoms with van der Waals surface area (Å²) >= 11 is 0. The maximum Gasteiger partial charge on any atom is 0.387 e.